The third-order valence-electron chi connectivity index (χ3n) is 4.37. The summed E-state index contributed by atoms with van der Waals surface area (Å²) in [6, 6.07) is 16.6. The van der Waals surface area contributed by atoms with E-state index in [9.17, 15) is 0 Å². The first kappa shape index (κ1) is 13.2. The highest BCUT2D eigenvalue weighted by molar-refractivity contribution is 5.85. The van der Waals surface area contributed by atoms with E-state index in [1.807, 2.05) is 36.3 Å². The Labute approximate surface area is 139 Å². The van der Waals surface area contributed by atoms with Gasteiger partial charge in [0.05, 0.1) is 17.2 Å². The smallest absolute Gasteiger partial charge is 0.183 e. The van der Waals surface area contributed by atoms with Gasteiger partial charge in [-0.25, -0.2) is 9.67 Å². The zero-order valence-corrected chi connectivity index (χ0v) is 13.2. The Hall–Kier alpha value is -3.21. The van der Waals surface area contributed by atoms with E-state index in [-0.39, 0.29) is 0 Å². The predicted molar refractivity (Wildman–Crippen MR) is 94.2 cm³/mol. The fourth-order valence-corrected chi connectivity index (χ4v) is 2.96. The van der Waals surface area contributed by atoms with Gasteiger partial charge in [0.15, 0.2) is 5.82 Å². The lowest BCUT2D eigenvalue weighted by molar-refractivity contribution is 0.897. The third-order valence-corrected chi connectivity index (χ3v) is 4.37. The van der Waals surface area contributed by atoms with Crippen molar-refractivity contribution < 1.29 is 0 Å². The molecule has 0 amide bonds. The van der Waals surface area contributed by atoms with Crippen LogP contribution in [0.15, 0.2) is 60.9 Å². The minimum Gasteiger partial charge on any atom is -0.354 e. The summed E-state index contributed by atoms with van der Waals surface area (Å²) in [5.41, 5.74) is 5.40. The average molecular weight is 313 g/mol. The van der Waals surface area contributed by atoms with Crippen LogP contribution in [0, 0.1) is 0 Å². The Morgan fingerprint density at radius 3 is 2.67 bits per heavy atom. The van der Waals surface area contributed by atoms with Crippen LogP contribution in [0.25, 0.3) is 28.0 Å². The molecule has 2 aliphatic heterocycles. The SMILES string of the molecule is CN(Cc1ccccc1)c1cnc2cc(-c3cn4nc3-4)ccc2n1. The minimum atomic E-state index is 0.807. The summed E-state index contributed by atoms with van der Waals surface area (Å²) >= 11 is 0. The maximum atomic E-state index is 4.75. The lowest BCUT2D eigenvalue weighted by Crippen LogP contribution is -2.17. The number of aromatic nitrogens is 4. The van der Waals surface area contributed by atoms with Crippen LogP contribution in [0.2, 0.25) is 0 Å². The van der Waals surface area contributed by atoms with E-state index in [2.05, 4.69) is 51.4 Å². The molecule has 1 aromatic heterocycles. The Morgan fingerprint density at radius 1 is 1.04 bits per heavy atom. The molecule has 3 aromatic rings. The summed E-state index contributed by atoms with van der Waals surface area (Å²) in [4.78, 5) is 11.5. The highest BCUT2D eigenvalue weighted by Crippen LogP contribution is 2.35. The molecule has 2 aliphatic rings. The van der Waals surface area contributed by atoms with Crippen molar-refractivity contribution in [3.8, 4) is 16.9 Å². The van der Waals surface area contributed by atoms with Crippen LogP contribution >= 0.6 is 0 Å². The maximum Gasteiger partial charge on any atom is 0.183 e. The Bertz CT molecular complexity index is 1050. The minimum absolute atomic E-state index is 0.807. The van der Waals surface area contributed by atoms with Gasteiger partial charge in [0.25, 0.3) is 0 Å². The predicted octanol–water partition coefficient (Wildman–Crippen LogP) is 3.43. The normalized spacial score (nSPS) is 11.7. The zero-order valence-electron chi connectivity index (χ0n) is 13.2. The summed E-state index contributed by atoms with van der Waals surface area (Å²) in [5.74, 6) is 1.95. The van der Waals surface area contributed by atoms with Crippen molar-refractivity contribution in [1.29, 1.82) is 0 Å². The molecule has 3 heterocycles. The molecule has 5 heteroatoms. The summed E-state index contributed by atoms with van der Waals surface area (Å²) in [6.45, 7) is 0.807. The van der Waals surface area contributed by atoms with Gasteiger partial charge in [-0.3, -0.25) is 4.98 Å². The first-order valence-electron chi connectivity index (χ1n) is 7.90. The topological polar surface area (TPSA) is 46.8 Å². The second kappa shape index (κ2) is 4.89. The lowest BCUT2D eigenvalue weighted by atomic mass is 10.1. The maximum absolute atomic E-state index is 4.75. The molecule has 5 rings (SSSR count). The fourth-order valence-electron chi connectivity index (χ4n) is 2.96. The highest BCUT2D eigenvalue weighted by atomic mass is 15.5. The van der Waals surface area contributed by atoms with Crippen molar-refractivity contribution in [3.63, 3.8) is 0 Å². The zero-order chi connectivity index (χ0) is 16.1. The summed E-state index contributed by atoms with van der Waals surface area (Å²) in [5, 5.41) is 4.20. The van der Waals surface area contributed by atoms with Gasteiger partial charge in [-0.05, 0) is 23.3 Å². The quantitative estimate of drug-likeness (QED) is 0.510. The molecule has 0 N–H and O–H groups in total. The van der Waals surface area contributed by atoms with Crippen molar-refractivity contribution in [2.45, 2.75) is 6.54 Å². The number of fused-ring (bicyclic) bond motifs is 2. The Kier molecular flexibility index (Phi) is 2.70. The van der Waals surface area contributed by atoms with Gasteiger partial charge < -0.3 is 4.90 Å². The monoisotopic (exact) mass is 313 g/mol. The molecule has 0 unspecified atom stereocenters. The van der Waals surface area contributed by atoms with Crippen LogP contribution in [0.3, 0.4) is 0 Å². The first-order valence-corrected chi connectivity index (χ1v) is 7.90. The van der Waals surface area contributed by atoms with Crippen LogP contribution in [-0.4, -0.2) is 26.8 Å². The standard InChI is InChI=1S/C19H15N5/c1-23(11-13-5-3-2-4-6-13)18-10-20-17-9-14(7-8-16(17)21-18)15-12-24-19(15)22-24/h2-10,12H,11H2,1H3. The van der Waals surface area contributed by atoms with Gasteiger partial charge in [-0.1, -0.05) is 36.4 Å². The van der Waals surface area contributed by atoms with Crippen LogP contribution in [0.4, 0.5) is 5.82 Å². The van der Waals surface area contributed by atoms with Gasteiger partial charge in [-0.15, -0.1) is 5.10 Å². The first-order chi connectivity index (χ1) is 11.8. The molecular weight excluding hydrogens is 298 g/mol. The number of rotatable bonds is 4. The number of nitrogens with zero attached hydrogens (tertiary/aromatic N) is 5. The molecule has 0 atom stereocenters. The van der Waals surface area contributed by atoms with Crippen LogP contribution in [0.1, 0.15) is 5.56 Å². The number of anilines is 1. The van der Waals surface area contributed by atoms with E-state index in [4.69, 9.17) is 4.98 Å². The molecule has 0 bridgehead atoms. The Balaban J connectivity index is 1.44. The molecule has 0 saturated carbocycles. The third kappa shape index (κ3) is 2.13. The van der Waals surface area contributed by atoms with Gasteiger partial charge >= 0.3 is 0 Å². The molecule has 2 aromatic carbocycles. The van der Waals surface area contributed by atoms with Crippen molar-refractivity contribution in [2.75, 3.05) is 11.9 Å². The van der Waals surface area contributed by atoms with Crippen molar-refractivity contribution >= 4 is 16.9 Å². The largest absolute Gasteiger partial charge is 0.354 e. The van der Waals surface area contributed by atoms with Gasteiger partial charge in [0.2, 0.25) is 0 Å². The second-order valence-electron chi connectivity index (χ2n) is 6.08. The van der Waals surface area contributed by atoms with Crippen molar-refractivity contribution in [3.05, 3.63) is 66.5 Å². The molecule has 0 aliphatic carbocycles. The van der Waals surface area contributed by atoms with Crippen LogP contribution < -0.4 is 4.90 Å². The average Bonchev–Trinajstić information content (AvgIpc) is 3.24. The van der Waals surface area contributed by atoms with Crippen molar-refractivity contribution in [1.82, 2.24) is 19.7 Å². The summed E-state index contributed by atoms with van der Waals surface area (Å²) < 4.78 is 1.88. The molecular formula is C19H15N5. The molecule has 24 heavy (non-hydrogen) atoms. The molecule has 116 valence electrons. The van der Waals surface area contributed by atoms with Gasteiger partial charge in [-0.2, -0.15) is 0 Å². The molecule has 0 spiro atoms. The summed E-state index contributed by atoms with van der Waals surface area (Å²) in [7, 11) is 2.04. The van der Waals surface area contributed by atoms with Crippen LogP contribution in [0.5, 0.6) is 0 Å². The van der Waals surface area contributed by atoms with Gasteiger partial charge in [0, 0.05) is 25.4 Å². The van der Waals surface area contributed by atoms with E-state index in [0.29, 0.717) is 0 Å². The molecule has 0 saturated heterocycles. The number of benzene rings is 2. The second-order valence-corrected chi connectivity index (χ2v) is 6.08. The Morgan fingerprint density at radius 2 is 1.92 bits per heavy atom. The van der Waals surface area contributed by atoms with E-state index < -0.39 is 0 Å². The molecule has 5 nitrogen and oxygen atoms in total. The highest BCUT2D eigenvalue weighted by Gasteiger charge is 2.25. The molecule has 0 fully saturated rings. The van der Waals surface area contributed by atoms with E-state index >= 15 is 0 Å². The number of hydrogen-bond donors (Lipinski definition) is 0. The lowest BCUT2D eigenvalue weighted by Gasteiger charge is -2.18. The molecule has 0 radical (unpaired) electrons. The van der Waals surface area contributed by atoms with Gasteiger partial charge in [0.1, 0.15) is 5.82 Å². The summed E-state index contributed by atoms with van der Waals surface area (Å²) in [6.07, 6.45) is 3.87. The number of hydrogen-bond acceptors (Lipinski definition) is 4. The van der Waals surface area contributed by atoms with Crippen LogP contribution in [-0.2, 0) is 6.54 Å². The van der Waals surface area contributed by atoms with E-state index in [1.54, 1.807) is 0 Å². The van der Waals surface area contributed by atoms with Crippen molar-refractivity contribution in [2.24, 2.45) is 0 Å². The van der Waals surface area contributed by atoms with E-state index in [0.717, 1.165) is 34.8 Å². The van der Waals surface area contributed by atoms with E-state index in [1.165, 1.54) is 11.1 Å². The fraction of sp³-hybridized carbons (Fsp3) is 0.105.